The number of aromatic hydroxyl groups is 1. The summed E-state index contributed by atoms with van der Waals surface area (Å²) in [7, 11) is 0. The fourth-order valence-electron chi connectivity index (χ4n) is 4.09. The molecule has 1 unspecified atom stereocenters. The van der Waals surface area contributed by atoms with Gasteiger partial charge in [0.2, 0.25) is 5.91 Å². The number of anilines is 3. The Kier molecular flexibility index (Phi) is 6.49. The molecule has 0 saturated carbocycles. The lowest BCUT2D eigenvalue weighted by Crippen LogP contribution is -2.28. The first-order chi connectivity index (χ1) is 17.0. The molecule has 0 aromatic heterocycles. The number of amides is 2. The van der Waals surface area contributed by atoms with E-state index in [1.54, 1.807) is 52.3 Å². The highest BCUT2D eigenvalue weighted by Gasteiger charge is 2.35. The molecule has 5 nitrogen and oxygen atoms in total. The molecule has 1 aliphatic rings. The number of phenols is 1. The summed E-state index contributed by atoms with van der Waals surface area (Å²) in [6.07, 6.45) is 0. The summed E-state index contributed by atoms with van der Waals surface area (Å²) in [5, 5.41) is 10.5. The van der Waals surface area contributed by atoms with Crippen molar-refractivity contribution in [3.63, 3.8) is 0 Å². The Balaban J connectivity index is 1.48. The van der Waals surface area contributed by atoms with Crippen LogP contribution < -0.4 is 9.80 Å². The van der Waals surface area contributed by atoms with Crippen molar-refractivity contribution in [1.82, 2.24) is 0 Å². The largest absolute Gasteiger partial charge is 0.506 e. The van der Waals surface area contributed by atoms with Gasteiger partial charge in [0.05, 0.1) is 22.2 Å². The van der Waals surface area contributed by atoms with Crippen molar-refractivity contribution in [2.24, 2.45) is 0 Å². The smallest absolute Gasteiger partial charge is 0.262 e. The van der Waals surface area contributed by atoms with Crippen LogP contribution >= 0.6 is 23.4 Å². The van der Waals surface area contributed by atoms with E-state index in [-0.39, 0.29) is 22.9 Å². The topological polar surface area (TPSA) is 60.9 Å². The zero-order chi connectivity index (χ0) is 24.4. The Morgan fingerprint density at radius 1 is 0.886 bits per heavy atom. The number of carbonyl (C=O) groups is 2. The first kappa shape index (κ1) is 23.0. The normalized spacial score (nSPS) is 15.3. The minimum absolute atomic E-state index is 0.0541. The Labute approximate surface area is 212 Å². The molecule has 1 atom stereocenters. The third kappa shape index (κ3) is 4.50. The van der Waals surface area contributed by atoms with Crippen LogP contribution in [0, 0.1) is 0 Å². The van der Waals surface area contributed by atoms with Crippen LogP contribution in [0.15, 0.2) is 103 Å². The van der Waals surface area contributed by atoms with Gasteiger partial charge in [-0.3, -0.25) is 19.4 Å². The van der Waals surface area contributed by atoms with Crippen LogP contribution in [0.4, 0.5) is 17.1 Å². The van der Waals surface area contributed by atoms with E-state index in [2.05, 4.69) is 0 Å². The van der Waals surface area contributed by atoms with Crippen molar-refractivity contribution in [3.05, 3.63) is 119 Å². The summed E-state index contributed by atoms with van der Waals surface area (Å²) in [5.41, 5.74) is 3.13. The molecule has 1 heterocycles. The Morgan fingerprint density at radius 3 is 2.26 bits per heavy atom. The van der Waals surface area contributed by atoms with E-state index in [1.807, 2.05) is 60.7 Å². The highest BCUT2D eigenvalue weighted by Crippen LogP contribution is 2.44. The van der Waals surface area contributed by atoms with Gasteiger partial charge in [0.15, 0.2) is 0 Å². The van der Waals surface area contributed by atoms with Gasteiger partial charge in [-0.1, -0.05) is 66.2 Å². The monoisotopic (exact) mass is 500 g/mol. The fourth-order valence-corrected chi connectivity index (χ4v) is 5.48. The number of para-hydroxylation sites is 4. The molecule has 5 rings (SSSR count). The SMILES string of the molecule is O=C(c1ccc(C2SCC(=O)N2c2ccccc2O)cc1)N(c1ccccc1)c1ccccc1Cl. The number of phenolic OH excluding ortho intramolecular Hbond substituents is 1. The zero-order valence-corrected chi connectivity index (χ0v) is 20.1. The van der Waals surface area contributed by atoms with E-state index in [0.29, 0.717) is 33.4 Å². The van der Waals surface area contributed by atoms with Crippen LogP contribution in [0.3, 0.4) is 0 Å². The second-order valence-corrected chi connectivity index (χ2v) is 9.44. The van der Waals surface area contributed by atoms with Gasteiger partial charge in [0, 0.05) is 11.3 Å². The highest BCUT2D eigenvalue weighted by atomic mass is 35.5. The van der Waals surface area contributed by atoms with Gasteiger partial charge in [0.1, 0.15) is 11.1 Å². The minimum Gasteiger partial charge on any atom is -0.506 e. The molecule has 1 N–H and O–H groups in total. The Bertz CT molecular complexity index is 1380. The average Bonchev–Trinajstić information content (AvgIpc) is 3.27. The maximum Gasteiger partial charge on any atom is 0.262 e. The summed E-state index contributed by atoms with van der Waals surface area (Å²) in [4.78, 5) is 29.5. The van der Waals surface area contributed by atoms with Crippen LogP contribution in [-0.2, 0) is 4.79 Å². The lowest BCUT2D eigenvalue weighted by Gasteiger charge is -2.26. The van der Waals surface area contributed by atoms with Gasteiger partial charge in [0.25, 0.3) is 5.91 Å². The molecule has 7 heteroatoms. The first-order valence-electron chi connectivity index (χ1n) is 11.0. The lowest BCUT2D eigenvalue weighted by atomic mass is 10.1. The number of rotatable bonds is 5. The van der Waals surface area contributed by atoms with Crippen LogP contribution in [0.1, 0.15) is 21.3 Å². The summed E-state index contributed by atoms with van der Waals surface area (Å²) in [6.45, 7) is 0. The summed E-state index contributed by atoms with van der Waals surface area (Å²) in [5.74, 6) is 0.0751. The zero-order valence-electron chi connectivity index (χ0n) is 18.5. The standard InChI is InChI=1S/C28H21ClN2O3S/c29-22-10-4-5-11-23(22)30(21-8-2-1-3-9-21)27(34)19-14-16-20(17-15-19)28-31(26(33)18-35-28)24-12-6-7-13-25(24)32/h1-17,28,32H,18H2. The highest BCUT2D eigenvalue weighted by molar-refractivity contribution is 8.00. The van der Waals surface area contributed by atoms with Crippen molar-refractivity contribution >= 4 is 52.2 Å². The van der Waals surface area contributed by atoms with E-state index in [1.165, 1.54) is 11.8 Å². The van der Waals surface area contributed by atoms with E-state index in [0.717, 1.165) is 5.56 Å². The third-order valence-electron chi connectivity index (χ3n) is 5.76. The molecule has 0 radical (unpaired) electrons. The Hall–Kier alpha value is -3.74. The van der Waals surface area contributed by atoms with Crippen LogP contribution in [0.2, 0.25) is 5.02 Å². The van der Waals surface area contributed by atoms with Gasteiger partial charge < -0.3 is 5.11 Å². The number of benzene rings is 4. The number of carbonyl (C=O) groups excluding carboxylic acids is 2. The van der Waals surface area contributed by atoms with E-state index in [4.69, 9.17) is 11.6 Å². The van der Waals surface area contributed by atoms with Gasteiger partial charge in [-0.25, -0.2) is 0 Å². The molecule has 35 heavy (non-hydrogen) atoms. The molecular weight excluding hydrogens is 480 g/mol. The molecule has 0 aliphatic carbocycles. The molecule has 1 saturated heterocycles. The maximum absolute atomic E-state index is 13.7. The van der Waals surface area contributed by atoms with Gasteiger partial charge in [-0.05, 0) is 54.1 Å². The summed E-state index contributed by atoms with van der Waals surface area (Å²) in [6, 6.07) is 30.6. The fraction of sp³-hybridized carbons (Fsp3) is 0.0714. The quantitative estimate of drug-likeness (QED) is 0.327. The number of halogens is 1. The van der Waals surface area contributed by atoms with Crippen LogP contribution in [-0.4, -0.2) is 22.7 Å². The number of nitrogens with zero attached hydrogens (tertiary/aromatic N) is 2. The summed E-state index contributed by atoms with van der Waals surface area (Å²) < 4.78 is 0. The molecule has 0 spiro atoms. The molecule has 4 aromatic carbocycles. The van der Waals surface area contributed by atoms with Gasteiger partial charge in [-0.15, -0.1) is 11.8 Å². The summed E-state index contributed by atoms with van der Waals surface area (Å²) >= 11 is 7.94. The van der Waals surface area contributed by atoms with Crippen molar-refractivity contribution in [2.75, 3.05) is 15.6 Å². The number of thioether (sulfide) groups is 1. The second-order valence-electron chi connectivity index (χ2n) is 7.97. The third-order valence-corrected chi connectivity index (χ3v) is 7.29. The molecule has 2 amide bonds. The van der Waals surface area contributed by atoms with Crippen LogP contribution in [0.5, 0.6) is 5.75 Å². The lowest BCUT2D eigenvalue weighted by molar-refractivity contribution is -0.115. The van der Waals surface area contributed by atoms with E-state index in [9.17, 15) is 14.7 Å². The predicted molar refractivity (Wildman–Crippen MR) is 142 cm³/mol. The minimum atomic E-state index is -0.297. The van der Waals surface area contributed by atoms with Gasteiger partial charge in [-0.2, -0.15) is 0 Å². The van der Waals surface area contributed by atoms with Crippen LogP contribution in [0.25, 0.3) is 0 Å². The molecule has 174 valence electrons. The number of hydrogen-bond acceptors (Lipinski definition) is 4. The van der Waals surface area contributed by atoms with E-state index < -0.39 is 0 Å². The molecule has 0 bridgehead atoms. The molecule has 1 fully saturated rings. The molecule has 1 aliphatic heterocycles. The second kappa shape index (κ2) is 9.86. The first-order valence-corrected chi connectivity index (χ1v) is 12.4. The molecular formula is C28H21ClN2O3S. The van der Waals surface area contributed by atoms with Gasteiger partial charge >= 0.3 is 0 Å². The van der Waals surface area contributed by atoms with Crippen molar-refractivity contribution in [2.45, 2.75) is 5.37 Å². The predicted octanol–water partition coefficient (Wildman–Crippen LogP) is 6.80. The van der Waals surface area contributed by atoms with Crippen molar-refractivity contribution < 1.29 is 14.7 Å². The average molecular weight is 501 g/mol. The molecule has 4 aromatic rings. The van der Waals surface area contributed by atoms with Crippen molar-refractivity contribution in [3.8, 4) is 5.75 Å². The number of hydrogen-bond donors (Lipinski definition) is 1. The van der Waals surface area contributed by atoms with Crippen molar-refractivity contribution in [1.29, 1.82) is 0 Å². The van der Waals surface area contributed by atoms with E-state index >= 15 is 0 Å². The Morgan fingerprint density at radius 2 is 1.54 bits per heavy atom. The maximum atomic E-state index is 13.7.